The number of hydrogen-bond acceptors (Lipinski definition) is 6. The van der Waals surface area contributed by atoms with Gasteiger partial charge in [-0.1, -0.05) is 24.3 Å². The van der Waals surface area contributed by atoms with Crippen LogP contribution in [0.1, 0.15) is 17.3 Å². The normalized spacial score (nSPS) is 16.1. The number of rotatable bonds is 6. The van der Waals surface area contributed by atoms with Crippen LogP contribution in [0, 0.1) is 0 Å². The first-order valence-electron chi connectivity index (χ1n) is 9.82. The van der Waals surface area contributed by atoms with Gasteiger partial charge in [0, 0.05) is 29.5 Å². The van der Waals surface area contributed by atoms with Crippen molar-refractivity contribution in [2.45, 2.75) is 17.6 Å². The molecule has 158 valence electrons. The number of pyridine rings is 1. The Bertz CT molecular complexity index is 1190. The molecule has 0 fully saturated rings. The Morgan fingerprint density at radius 3 is 2.74 bits per heavy atom. The maximum Gasteiger partial charge on any atom is 0.253 e. The molecule has 2 aliphatic heterocycles. The van der Waals surface area contributed by atoms with Gasteiger partial charge in [0.15, 0.2) is 17.2 Å². The highest BCUT2D eigenvalue weighted by atomic mass is 32.2. The summed E-state index contributed by atoms with van der Waals surface area (Å²) >= 11 is 1.52. The number of benzene rings is 2. The molecule has 3 aromatic rings. The highest BCUT2D eigenvalue weighted by Crippen LogP contribution is 2.42. The number of nitrogens with zero attached hydrogens (tertiary/aromatic N) is 2. The topological polar surface area (TPSA) is 70.0 Å². The number of amides is 1. The molecule has 0 radical (unpaired) electrons. The molecule has 0 aliphatic carbocycles. The molecule has 0 bridgehead atoms. The molecule has 0 spiro atoms. The van der Waals surface area contributed by atoms with E-state index in [0.29, 0.717) is 23.7 Å². The van der Waals surface area contributed by atoms with E-state index in [9.17, 15) is 9.59 Å². The van der Waals surface area contributed by atoms with Crippen molar-refractivity contribution in [2.24, 2.45) is 0 Å². The molecule has 5 rings (SSSR count). The standard InChI is InChI=1S/C23H20N2O5S/c1-28-22-16(9-15-7-8-18-19(10-15)30-14-29-18)11-21(27)25-20(12-31-23(22)25)24(13-26)17-5-3-2-4-6-17/h2-8,10-11,13,20H,9,12,14H2,1H3/t20-/m1/s1. The molecule has 0 saturated carbocycles. The molecule has 2 aromatic carbocycles. The quantitative estimate of drug-likeness (QED) is 0.552. The van der Waals surface area contributed by atoms with Crippen LogP contribution in [0.2, 0.25) is 0 Å². The number of hydrogen-bond donors (Lipinski definition) is 0. The number of ether oxygens (including phenoxy) is 3. The third-order valence-electron chi connectivity index (χ3n) is 5.43. The van der Waals surface area contributed by atoms with Crippen LogP contribution >= 0.6 is 11.8 Å². The second-order valence-electron chi connectivity index (χ2n) is 7.22. The minimum atomic E-state index is -0.416. The summed E-state index contributed by atoms with van der Waals surface area (Å²) in [5.74, 6) is 2.64. The van der Waals surface area contributed by atoms with Gasteiger partial charge in [0.05, 0.1) is 7.11 Å². The second kappa shape index (κ2) is 8.03. The van der Waals surface area contributed by atoms with Crippen LogP contribution in [-0.2, 0) is 11.2 Å². The molecule has 0 N–H and O–H groups in total. The first-order valence-corrected chi connectivity index (χ1v) is 10.8. The summed E-state index contributed by atoms with van der Waals surface area (Å²) in [6.07, 6.45) is 0.875. The van der Waals surface area contributed by atoms with Crippen molar-refractivity contribution in [3.05, 3.63) is 76.1 Å². The molecule has 2 aliphatic rings. The van der Waals surface area contributed by atoms with Crippen molar-refractivity contribution in [2.75, 3.05) is 24.6 Å². The van der Waals surface area contributed by atoms with Crippen LogP contribution < -0.4 is 24.7 Å². The molecule has 8 heteroatoms. The molecule has 1 amide bonds. The van der Waals surface area contributed by atoms with Crippen LogP contribution in [0.4, 0.5) is 5.69 Å². The predicted molar refractivity (Wildman–Crippen MR) is 117 cm³/mol. The maximum atomic E-state index is 13.1. The third-order valence-corrected chi connectivity index (χ3v) is 6.55. The van der Waals surface area contributed by atoms with E-state index in [1.807, 2.05) is 48.5 Å². The summed E-state index contributed by atoms with van der Waals surface area (Å²) in [4.78, 5) is 26.6. The zero-order valence-electron chi connectivity index (χ0n) is 16.8. The number of anilines is 1. The fourth-order valence-corrected chi connectivity index (χ4v) is 5.32. The zero-order valence-corrected chi connectivity index (χ0v) is 17.6. The Morgan fingerprint density at radius 2 is 1.97 bits per heavy atom. The van der Waals surface area contributed by atoms with Crippen LogP contribution in [0.15, 0.2) is 64.4 Å². The number of fused-ring (bicyclic) bond motifs is 2. The van der Waals surface area contributed by atoms with E-state index in [0.717, 1.165) is 34.0 Å². The van der Waals surface area contributed by atoms with E-state index < -0.39 is 6.17 Å². The molecular formula is C23H20N2O5S. The summed E-state index contributed by atoms with van der Waals surface area (Å²) < 4.78 is 18.2. The average Bonchev–Trinajstić information content (AvgIpc) is 3.43. The Labute approximate surface area is 183 Å². The fourth-order valence-electron chi connectivity index (χ4n) is 4.00. The number of para-hydroxylation sites is 1. The van der Waals surface area contributed by atoms with Crippen molar-refractivity contribution < 1.29 is 19.0 Å². The Balaban J connectivity index is 1.52. The largest absolute Gasteiger partial charge is 0.494 e. The highest BCUT2D eigenvalue weighted by Gasteiger charge is 2.33. The van der Waals surface area contributed by atoms with Crippen molar-refractivity contribution in [1.82, 2.24) is 4.57 Å². The number of thioether (sulfide) groups is 1. The Kier molecular flexibility index (Phi) is 5.07. The van der Waals surface area contributed by atoms with Crippen molar-refractivity contribution in [3.63, 3.8) is 0 Å². The molecule has 3 heterocycles. The molecular weight excluding hydrogens is 416 g/mol. The molecule has 1 atom stereocenters. The van der Waals surface area contributed by atoms with Crippen LogP contribution in [0.3, 0.4) is 0 Å². The SMILES string of the molecule is COc1c(Cc2ccc3c(c2)OCO3)cc(=O)n2c1SC[C@@H]2N(C=O)c1ccccc1. The number of methoxy groups -OCH3 is 1. The highest BCUT2D eigenvalue weighted by molar-refractivity contribution is 7.99. The lowest BCUT2D eigenvalue weighted by molar-refractivity contribution is -0.108. The molecule has 0 saturated heterocycles. The van der Waals surface area contributed by atoms with Crippen LogP contribution in [0.25, 0.3) is 0 Å². The van der Waals surface area contributed by atoms with Gasteiger partial charge in [-0.25, -0.2) is 0 Å². The lowest BCUT2D eigenvalue weighted by Gasteiger charge is -2.26. The minimum absolute atomic E-state index is 0.163. The number of carbonyl (C=O) groups is 1. The lowest BCUT2D eigenvalue weighted by atomic mass is 10.0. The van der Waals surface area contributed by atoms with E-state index >= 15 is 0 Å². The van der Waals surface area contributed by atoms with E-state index in [4.69, 9.17) is 14.2 Å². The van der Waals surface area contributed by atoms with Crippen molar-refractivity contribution >= 4 is 23.9 Å². The first-order chi connectivity index (χ1) is 15.2. The number of aromatic nitrogens is 1. The molecule has 7 nitrogen and oxygen atoms in total. The van der Waals surface area contributed by atoms with E-state index in [1.165, 1.54) is 11.8 Å². The molecule has 0 unspecified atom stereocenters. The van der Waals surface area contributed by atoms with Gasteiger partial charge >= 0.3 is 0 Å². The van der Waals surface area contributed by atoms with Crippen LogP contribution in [0.5, 0.6) is 17.2 Å². The summed E-state index contributed by atoms with van der Waals surface area (Å²) in [5, 5.41) is 0.735. The van der Waals surface area contributed by atoms with Gasteiger partial charge in [0.25, 0.3) is 5.56 Å². The lowest BCUT2D eigenvalue weighted by Crippen LogP contribution is -2.36. The Morgan fingerprint density at radius 1 is 1.16 bits per heavy atom. The molecule has 31 heavy (non-hydrogen) atoms. The van der Waals surface area contributed by atoms with Crippen molar-refractivity contribution in [1.29, 1.82) is 0 Å². The van der Waals surface area contributed by atoms with Gasteiger partial charge in [-0.15, -0.1) is 11.8 Å². The Hall–Kier alpha value is -3.39. The minimum Gasteiger partial charge on any atom is -0.494 e. The fraction of sp³-hybridized carbons (Fsp3) is 0.217. The number of carbonyl (C=O) groups excluding carboxylic acids is 1. The first kappa shape index (κ1) is 19.6. The zero-order chi connectivity index (χ0) is 21.4. The predicted octanol–water partition coefficient (Wildman–Crippen LogP) is 3.44. The van der Waals surface area contributed by atoms with E-state index in [-0.39, 0.29) is 12.4 Å². The van der Waals surface area contributed by atoms with E-state index in [2.05, 4.69) is 0 Å². The smallest absolute Gasteiger partial charge is 0.253 e. The van der Waals surface area contributed by atoms with Gasteiger partial charge in [0.2, 0.25) is 13.2 Å². The maximum absolute atomic E-state index is 13.1. The summed E-state index contributed by atoms with van der Waals surface area (Å²) in [7, 11) is 1.60. The van der Waals surface area contributed by atoms with Gasteiger partial charge in [-0.3, -0.25) is 19.1 Å². The third kappa shape index (κ3) is 3.42. The van der Waals surface area contributed by atoms with Gasteiger partial charge in [0.1, 0.15) is 11.2 Å². The summed E-state index contributed by atoms with van der Waals surface area (Å²) in [5.41, 5.74) is 2.36. The summed E-state index contributed by atoms with van der Waals surface area (Å²) in [6, 6.07) is 16.7. The van der Waals surface area contributed by atoms with Gasteiger partial charge < -0.3 is 14.2 Å². The van der Waals surface area contributed by atoms with E-state index in [1.54, 1.807) is 22.6 Å². The average molecular weight is 436 g/mol. The second-order valence-corrected chi connectivity index (χ2v) is 8.23. The molecule has 1 aromatic heterocycles. The monoisotopic (exact) mass is 436 g/mol. The van der Waals surface area contributed by atoms with Crippen molar-refractivity contribution in [3.8, 4) is 17.2 Å². The van der Waals surface area contributed by atoms with Crippen LogP contribution in [-0.4, -0.2) is 30.6 Å². The van der Waals surface area contributed by atoms with Gasteiger partial charge in [-0.05, 0) is 29.8 Å². The summed E-state index contributed by atoms with van der Waals surface area (Å²) in [6.45, 7) is 0.217. The van der Waals surface area contributed by atoms with Gasteiger partial charge in [-0.2, -0.15) is 0 Å².